The highest BCUT2D eigenvalue weighted by atomic mass is 35.5. The maximum absolute atomic E-state index is 13.7. The lowest BCUT2D eigenvalue weighted by atomic mass is 9.91. The lowest BCUT2D eigenvalue weighted by molar-refractivity contribution is 0.0974. The number of carbonyl (C=O) groups excluding carboxylic acids is 1. The van der Waals surface area contributed by atoms with Crippen molar-refractivity contribution in [2.24, 2.45) is 0 Å². The lowest BCUT2D eigenvalue weighted by Crippen LogP contribution is -2.14. The Morgan fingerprint density at radius 3 is 2.24 bits per heavy atom. The van der Waals surface area contributed by atoms with Crippen LogP contribution in [0.2, 0.25) is 10.0 Å². The Hall–Kier alpha value is -1.96. The number of nitriles is 1. The van der Waals surface area contributed by atoms with E-state index < -0.39 is 28.9 Å². The standard InChI is InChI=1S/C15H7Cl2F2NO/c16-10-4-2-5-11(17)13(10)9(7-20)15(21)8-3-1-6-12(18)14(8)19/h1-6,9H. The number of Topliss-reactive ketones (excluding diaryl/α,β-unsaturated/α-hetero) is 1. The van der Waals surface area contributed by atoms with Crippen molar-refractivity contribution in [1.29, 1.82) is 5.26 Å². The molecule has 21 heavy (non-hydrogen) atoms. The van der Waals surface area contributed by atoms with Crippen LogP contribution in [0.5, 0.6) is 0 Å². The molecule has 6 heteroatoms. The second-order valence-electron chi connectivity index (χ2n) is 4.16. The van der Waals surface area contributed by atoms with Crippen molar-refractivity contribution in [3.8, 4) is 6.07 Å². The first kappa shape index (κ1) is 15.4. The summed E-state index contributed by atoms with van der Waals surface area (Å²) in [4.78, 5) is 12.3. The molecule has 0 fully saturated rings. The zero-order chi connectivity index (χ0) is 15.6. The van der Waals surface area contributed by atoms with E-state index in [1.54, 1.807) is 12.1 Å². The van der Waals surface area contributed by atoms with Gasteiger partial charge in [0.05, 0.1) is 11.6 Å². The Balaban J connectivity index is 2.55. The van der Waals surface area contributed by atoms with Crippen LogP contribution in [0.1, 0.15) is 21.8 Å². The predicted molar refractivity (Wildman–Crippen MR) is 75.5 cm³/mol. The van der Waals surface area contributed by atoms with Crippen molar-refractivity contribution in [2.45, 2.75) is 5.92 Å². The molecular formula is C15H7Cl2F2NO. The summed E-state index contributed by atoms with van der Waals surface area (Å²) in [5.74, 6) is -4.78. The number of halogens is 4. The summed E-state index contributed by atoms with van der Waals surface area (Å²) >= 11 is 11.9. The quantitative estimate of drug-likeness (QED) is 0.763. The maximum atomic E-state index is 13.7. The molecule has 0 aromatic heterocycles. The fourth-order valence-corrected chi connectivity index (χ4v) is 2.51. The van der Waals surface area contributed by atoms with Crippen molar-refractivity contribution in [3.63, 3.8) is 0 Å². The van der Waals surface area contributed by atoms with Crippen LogP contribution in [0, 0.1) is 23.0 Å². The topological polar surface area (TPSA) is 40.9 Å². The SMILES string of the molecule is N#CC(C(=O)c1cccc(F)c1F)c1c(Cl)cccc1Cl. The van der Waals surface area contributed by atoms with Gasteiger partial charge in [-0.05, 0) is 24.3 Å². The van der Waals surface area contributed by atoms with Gasteiger partial charge in [0, 0.05) is 15.6 Å². The van der Waals surface area contributed by atoms with Crippen LogP contribution in [0.4, 0.5) is 8.78 Å². The lowest BCUT2D eigenvalue weighted by Gasteiger charge is -2.13. The highest BCUT2D eigenvalue weighted by molar-refractivity contribution is 6.36. The maximum Gasteiger partial charge on any atom is 0.187 e. The van der Waals surface area contributed by atoms with Crippen LogP contribution in [0.15, 0.2) is 36.4 Å². The van der Waals surface area contributed by atoms with Gasteiger partial charge in [-0.3, -0.25) is 4.79 Å². The molecule has 0 heterocycles. The van der Waals surface area contributed by atoms with E-state index in [-0.39, 0.29) is 15.6 Å². The first-order valence-electron chi connectivity index (χ1n) is 5.79. The van der Waals surface area contributed by atoms with Gasteiger partial charge < -0.3 is 0 Å². The molecule has 0 saturated carbocycles. The summed E-state index contributed by atoms with van der Waals surface area (Å²) < 4.78 is 26.9. The first-order chi connectivity index (χ1) is 9.97. The van der Waals surface area contributed by atoms with Crippen molar-refractivity contribution < 1.29 is 13.6 Å². The first-order valence-corrected chi connectivity index (χ1v) is 6.54. The van der Waals surface area contributed by atoms with E-state index in [2.05, 4.69) is 0 Å². The number of ketones is 1. The van der Waals surface area contributed by atoms with Gasteiger partial charge in [0.1, 0.15) is 5.92 Å². The average molecular weight is 326 g/mol. The van der Waals surface area contributed by atoms with E-state index in [9.17, 15) is 18.8 Å². The van der Waals surface area contributed by atoms with Crippen molar-refractivity contribution >= 4 is 29.0 Å². The van der Waals surface area contributed by atoms with Crippen LogP contribution in [-0.2, 0) is 0 Å². The zero-order valence-electron chi connectivity index (χ0n) is 10.4. The van der Waals surface area contributed by atoms with Gasteiger partial charge >= 0.3 is 0 Å². The van der Waals surface area contributed by atoms with E-state index in [1.165, 1.54) is 18.2 Å². The van der Waals surface area contributed by atoms with E-state index >= 15 is 0 Å². The Labute approximate surface area is 129 Å². The minimum absolute atomic E-state index is 0.0806. The van der Waals surface area contributed by atoms with Crippen LogP contribution in [0.25, 0.3) is 0 Å². The minimum atomic E-state index is -1.41. The number of hydrogen-bond donors (Lipinski definition) is 0. The van der Waals surface area contributed by atoms with E-state index in [4.69, 9.17) is 23.2 Å². The van der Waals surface area contributed by atoms with Crippen molar-refractivity contribution in [1.82, 2.24) is 0 Å². The molecule has 0 spiro atoms. The number of benzene rings is 2. The van der Waals surface area contributed by atoms with Crippen LogP contribution in [-0.4, -0.2) is 5.78 Å². The van der Waals surface area contributed by atoms with E-state index in [0.717, 1.165) is 12.1 Å². The molecule has 2 aromatic rings. The molecular weight excluding hydrogens is 319 g/mol. The Bertz CT molecular complexity index is 736. The van der Waals surface area contributed by atoms with Gasteiger partial charge in [0.25, 0.3) is 0 Å². The summed E-state index contributed by atoms with van der Waals surface area (Å²) in [5.41, 5.74) is -0.436. The zero-order valence-corrected chi connectivity index (χ0v) is 11.9. The molecule has 0 aliphatic rings. The largest absolute Gasteiger partial charge is 0.292 e. The molecule has 0 bridgehead atoms. The van der Waals surface area contributed by atoms with Gasteiger partial charge in [0.2, 0.25) is 0 Å². The van der Waals surface area contributed by atoms with Gasteiger partial charge in [-0.15, -0.1) is 0 Å². The summed E-state index contributed by atoms with van der Waals surface area (Å²) in [7, 11) is 0. The molecule has 1 atom stereocenters. The third-order valence-corrected chi connectivity index (χ3v) is 3.56. The normalized spacial score (nSPS) is 11.8. The molecule has 2 aromatic carbocycles. The molecule has 0 N–H and O–H groups in total. The monoisotopic (exact) mass is 325 g/mol. The third-order valence-electron chi connectivity index (χ3n) is 2.90. The summed E-state index contributed by atoms with van der Waals surface area (Å²) in [5, 5.41) is 9.44. The predicted octanol–water partition coefficient (Wildman–Crippen LogP) is 4.76. The number of carbonyl (C=O) groups is 1. The highest BCUT2D eigenvalue weighted by Gasteiger charge is 2.28. The molecule has 0 aliphatic carbocycles. The second kappa shape index (κ2) is 6.21. The minimum Gasteiger partial charge on any atom is -0.292 e. The number of hydrogen-bond acceptors (Lipinski definition) is 2. The smallest absolute Gasteiger partial charge is 0.187 e. The van der Waals surface area contributed by atoms with Gasteiger partial charge in [-0.1, -0.05) is 35.3 Å². The Morgan fingerprint density at radius 1 is 1.10 bits per heavy atom. The summed E-state index contributed by atoms with van der Waals surface area (Å²) in [6.45, 7) is 0. The van der Waals surface area contributed by atoms with Gasteiger partial charge in [0.15, 0.2) is 17.4 Å². The number of nitrogens with zero attached hydrogens (tertiary/aromatic N) is 1. The molecule has 0 radical (unpaired) electrons. The molecule has 106 valence electrons. The van der Waals surface area contributed by atoms with Crippen molar-refractivity contribution in [2.75, 3.05) is 0 Å². The summed E-state index contributed by atoms with van der Waals surface area (Å²) in [6, 6.07) is 9.39. The molecule has 0 aliphatic heterocycles. The number of rotatable bonds is 3. The molecule has 0 amide bonds. The Morgan fingerprint density at radius 2 is 1.67 bits per heavy atom. The van der Waals surface area contributed by atoms with Crippen molar-refractivity contribution in [3.05, 3.63) is 69.2 Å². The van der Waals surface area contributed by atoms with E-state index in [1.807, 2.05) is 0 Å². The van der Waals surface area contributed by atoms with Crippen LogP contribution >= 0.6 is 23.2 Å². The van der Waals surface area contributed by atoms with Crippen LogP contribution < -0.4 is 0 Å². The second-order valence-corrected chi connectivity index (χ2v) is 4.98. The van der Waals surface area contributed by atoms with Crippen LogP contribution in [0.3, 0.4) is 0 Å². The molecule has 1 unspecified atom stereocenters. The van der Waals surface area contributed by atoms with E-state index in [0.29, 0.717) is 0 Å². The fourth-order valence-electron chi connectivity index (χ4n) is 1.89. The fraction of sp³-hybridized carbons (Fsp3) is 0.0667. The third kappa shape index (κ3) is 2.90. The summed E-state index contributed by atoms with van der Waals surface area (Å²) in [6.07, 6.45) is 0. The molecule has 2 nitrogen and oxygen atoms in total. The molecule has 2 rings (SSSR count). The Kier molecular flexibility index (Phi) is 4.56. The molecule has 0 saturated heterocycles. The highest BCUT2D eigenvalue weighted by Crippen LogP contribution is 2.33. The van der Waals surface area contributed by atoms with Gasteiger partial charge in [-0.25, -0.2) is 8.78 Å². The average Bonchev–Trinajstić information content (AvgIpc) is 2.45. The van der Waals surface area contributed by atoms with Gasteiger partial charge in [-0.2, -0.15) is 5.26 Å².